The van der Waals surface area contributed by atoms with E-state index in [1.807, 2.05) is 0 Å². The molecule has 74 valence electrons. The van der Waals surface area contributed by atoms with Crippen molar-refractivity contribution in [3.05, 3.63) is 0 Å². The van der Waals surface area contributed by atoms with Crippen molar-refractivity contribution in [2.45, 2.75) is 39.0 Å². The van der Waals surface area contributed by atoms with Gasteiger partial charge in [0.25, 0.3) is 0 Å². The van der Waals surface area contributed by atoms with E-state index in [4.69, 9.17) is 12.2 Å². The Hall–Kier alpha value is -0.440. The van der Waals surface area contributed by atoms with Gasteiger partial charge in [0.05, 0.1) is 11.4 Å². The summed E-state index contributed by atoms with van der Waals surface area (Å²) in [6.07, 6.45) is 4.55. The van der Waals surface area contributed by atoms with Gasteiger partial charge in [-0.25, -0.2) is 0 Å². The Morgan fingerprint density at radius 3 is 3.00 bits per heavy atom. The predicted octanol–water partition coefficient (Wildman–Crippen LogP) is 2.17. The van der Waals surface area contributed by atoms with Crippen molar-refractivity contribution in [3.8, 4) is 0 Å². The minimum Gasteiger partial charge on any atom is -0.366 e. The average molecular weight is 199 g/mol. The Morgan fingerprint density at radius 1 is 1.54 bits per heavy atom. The Morgan fingerprint density at radius 2 is 2.31 bits per heavy atom. The number of carbonyl (C=O) groups is 1. The van der Waals surface area contributed by atoms with Gasteiger partial charge < -0.3 is 4.90 Å². The third-order valence-corrected chi connectivity index (χ3v) is 2.77. The topological polar surface area (TPSA) is 20.3 Å². The molecule has 0 saturated carbocycles. The quantitative estimate of drug-likeness (QED) is 0.650. The molecule has 0 aromatic carbocycles. The van der Waals surface area contributed by atoms with E-state index in [0.29, 0.717) is 18.6 Å². The van der Waals surface area contributed by atoms with Gasteiger partial charge in [-0.3, -0.25) is 4.79 Å². The molecule has 0 aromatic heterocycles. The zero-order valence-electron chi connectivity index (χ0n) is 8.21. The SMILES string of the molecule is CCCCN1CCCC(=O)CC1=S. The smallest absolute Gasteiger partial charge is 0.139 e. The summed E-state index contributed by atoms with van der Waals surface area (Å²) in [4.78, 5) is 14.3. The van der Waals surface area contributed by atoms with Crippen molar-refractivity contribution in [2.75, 3.05) is 13.1 Å². The lowest BCUT2D eigenvalue weighted by Gasteiger charge is -2.22. The van der Waals surface area contributed by atoms with Crippen molar-refractivity contribution >= 4 is 23.0 Å². The summed E-state index contributed by atoms with van der Waals surface area (Å²) in [5.41, 5.74) is 0. The maximum atomic E-state index is 11.2. The molecule has 1 saturated heterocycles. The van der Waals surface area contributed by atoms with Gasteiger partial charge in [-0.15, -0.1) is 0 Å². The van der Waals surface area contributed by atoms with Crippen molar-refractivity contribution in [1.29, 1.82) is 0 Å². The number of Topliss-reactive ketones (excluding diaryl/α,β-unsaturated/α-hetero) is 1. The second kappa shape index (κ2) is 5.32. The second-order valence-corrected chi connectivity index (χ2v) is 4.02. The first-order valence-electron chi connectivity index (χ1n) is 5.03. The number of rotatable bonds is 3. The molecule has 1 aliphatic rings. The van der Waals surface area contributed by atoms with Gasteiger partial charge in [0.1, 0.15) is 5.78 Å². The second-order valence-electron chi connectivity index (χ2n) is 3.55. The van der Waals surface area contributed by atoms with Crippen LogP contribution in [0.5, 0.6) is 0 Å². The molecule has 0 aliphatic carbocycles. The molecule has 0 bridgehead atoms. The van der Waals surface area contributed by atoms with Crippen LogP contribution in [-0.2, 0) is 4.79 Å². The molecule has 0 unspecified atom stereocenters. The molecule has 3 heteroatoms. The fraction of sp³-hybridized carbons (Fsp3) is 0.800. The molecule has 1 fully saturated rings. The Bertz CT molecular complexity index is 203. The normalized spacial score (nSPS) is 19.0. The number of hydrogen-bond donors (Lipinski definition) is 0. The maximum Gasteiger partial charge on any atom is 0.139 e. The molecule has 0 N–H and O–H groups in total. The highest BCUT2D eigenvalue weighted by atomic mass is 32.1. The highest BCUT2D eigenvalue weighted by molar-refractivity contribution is 7.80. The molecule has 1 rings (SSSR count). The summed E-state index contributed by atoms with van der Waals surface area (Å²) >= 11 is 5.21. The van der Waals surface area contributed by atoms with E-state index in [2.05, 4.69) is 11.8 Å². The van der Waals surface area contributed by atoms with Crippen LogP contribution in [-0.4, -0.2) is 28.8 Å². The first-order valence-corrected chi connectivity index (χ1v) is 5.44. The third kappa shape index (κ3) is 3.43. The standard InChI is InChI=1S/C10H17NOS/c1-2-3-6-11-7-4-5-9(12)8-10(11)13/h2-8H2,1H3. The van der Waals surface area contributed by atoms with Crippen molar-refractivity contribution in [3.63, 3.8) is 0 Å². The zero-order chi connectivity index (χ0) is 9.68. The maximum absolute atomic E-state index is 11.2. The molecule has 2 nitrogen and oxygen atoms in total. The molecular weight excluding hydrogens is 182 g/mol. The summed E-state index contributed by atoms with van der Waals surface area (Å²) in [6, 6.07) is 0. The van der Waals surface area contributed by atoms with E-state index < -0.39 is 0 Å². The number of unbranched alkanes of at least 4 members (excludes halogenated alkanes) is 1. The van der Waals surface area contributed by atoms with Crippen LogP contribution in [0.3, 0.4) is 0 Å². The van der Waals surface area contributed by atoms with Gasteiger partial charge in [0, 0.05) is 19.5 Å². The van der Waals surface area contributed by atoms with Crippen LogP contribution < -0.4 is 0 Å². The van der Waals surface area contributed by atoms with Crippen LogP contribution >= 0.6 is 12.2 Å². The van der Waals surface area contributed by atoms with Crippen molar-refractivity contribution in [1.82, 2.24) is 4.90 Å². The predicted molar refractivity (Wildman–Crippen MR) is 57.9 cm³/mol. The molecule has 0 spiro atoms. The number of thiocarbonyl (C=S) groups is 1. The van der Waals surface area contributed by atoms with E-state index in [1.165, 1.54) is 12.8 Å². The van der Waals surface area contributed by atoms with Crippen molar-refractivity contribution in [2.24, 2.45) is 0 Å². The van der Waals surface area contributed by atoms with Gasteiger partial charge in [-0.05, 0) is 12.8 Å². The Balaban J connectivity index is 2.43. The van der Waals surface area contributed by atoms with Crippen molar-refractivity contribution < 1.29 is 4.79 Å². The molecular formula is C10H17NOS. The van der Waals surface area contributed by atoms with Gasteiger partial charge in [0.2, 0.25) is 0 Å². The minimum atomic E-state index is 0.309. The summed E-state index contributed by atoms with van der Waals surface area (Å²) in [6.45, 7) is 4.18. The third-order valence-electron chi connectivity index (χ3n) is 2.37. The highest BCUT2D eigenvalue weighted by Crippen LogP contribution is 2.10. The van der Waals surface area contributed by atoms with Gasteiger partial charge in [0.15, 0.2) is 0 Å². The van der Waals surface area contributed by atoms with Gasteiger partial charge in [-0.2, -0.15) is 0 Å². The monoisotopic (exact) mass is 199 g/mol. The summed E-state index contributed by atoms with van der Waals surface area (Å²) in [5.74, 6) is 0.309. The molecule has 13 heavy (non-hydrogen) atoms. The number of ketones is 1. The summed E-state index contributed by atoms with van der Waals surface area (Å²) in [5, 5.41) is 0. The van der Waals surface area contributed by atoms with E-state index in [0.717, 1.165) is 24.5 Å². The zero-order valence-corrected chi connectivity index (χ0v) is 9.03. The number of likely N-dealkylation sites (tertiary alicyclic amines) is 1. The number of nitrogens with zero attached hydrogens (tertiary/aromatic N) is 1. The lowest BCUT2D eigenvalue weighted by molar-refractivity contribution is -0.117. The molecule has 0 amide bonds. The molecule has 0 atom stereocenters. The molecule has 1 aliphatic heterocycles. The largest absolute Gasteiger partial charge is 0.366 e. The van der Waals surface area contributed by atoms with Crippen LogP contribution in [0, 0.1) is 0 Å². The van der Waals surface area contributed by atoms with Crippen LogP contribution in [0.1, 0.15) is 39.0 Å². The molecule has 0 radical (unpaired) electrons. The highest BCUT2D eigenvalue weighted by Gasteiger charge is 2.17. The minimum absolute atomic E-state index is 0.309. The van der Waals surface area contributed by atoms with E-state index in [9.17, 15) is 4.79 Å². The van der Waals surface area contributed by atoms with Crippen LogP contribution in [0.15, 0.2) is 0 Å². The Kier molecular flexibility index (Phi) is 4.36. The van der Waals surface area contributed by atoms with Gasteiger partial charge >= 0.3 is 0 Å². The first kappa shape index (κ1) is 10.6. The summed E-state index contributed by atoms with van der Waals surface area (Å²) < 4.78 is 0. The first-order chi connectivity index (χ1) is 6.24. The fourth-order valence-electron chi connectivity index (χ4n) is 1.55. The molecule has 0 aromatic rings. The number of hydrogen-bond acceptors (Lipinski definition) is 2. The lowest BCUT2D eigenvalue weighted by atomic mass is 10.2. The van der Waals surface area contributed by atoms with E-state index in [-0.39, 0.29) is 0 Å². The fourth-order valence-corrected chi connectivity index (χ4v) is 1.89. The summed E-state index contributed by atoms with van der Waals surface area (Å²) in [7, 11) is 0. The van der Waals surface area contributed by atoms with E-state index >= 15 is 0 Å². The average Bonchev–Trinajstić information content (AvgIpc) is 2.24. The van der Waals surface area contributed by atoms with Crippen LogP contribution in [0.4, 0.5) is 0 Å². The van der Waals surface area contributed by atoms with Crippen LogP contribution in [0.2, 0.25) is 0 Å². The van der Waals surface area contributed by atoms with E-state index in [1.54, 1.807) is 0 Å². The van der Waals surface area contributed by atoms with Crippen LogP contribution in [0.25, 0.3) is 0 Å². The van der Waals surface area contributed by atoms with Gasteiger partial charge in [-0.1, -0.05) is 25.6 Å². The Labute approximate surface area is 85.3 Å². The molecule has 1 heterocycles. The lowest BCUT2D eigenvalue weighted by Crippen LogP contribution is -2.30. The number of carbonyl (C=O) groups excluding carboxylic acids is 1.